The first-order valence-corrected chi connectivity index (χ1v) is 4.97. The van der Waals surface area contributed by atoms with Gasteiger partial charge in [0, 0.05) is 0 Å². The fourth-order valence-electron chi connectivity index (χ4n) is 0. The molecule has 0 fully saturated rings. The summed E-state index contributed by atoms with van der Waals surface area (Å²) < 4.78 is 8.55. The third-order valence-corrected chi connectivity index (χ3v) is 0. The van der Waals surface area contributed by atoms with E-state index < -0.39 is 7.82 Å². The maximum Gasteiger partial charge on any atom is 1.00 e. The Balaban J connectivity index is -0.0000000183. The Labute approximate surface area is 114 Å². The summed E-state index contributed by atoms with van der Waals surface area (Å²) in [5, 5.41) is 0. The molecule has 0 saturated carbocycles. The van der Waals surface area contributed by atoms with E-state index in [1.165, 1.54) is 0 Å². The molecular formula is Cl2Li3O4PS. The topological polar surface area (TPSA) is 86.2 Å². The van der Waals surface area contributed by atoms with Crippen LogP contribution in [-0.4, -0.2) is 0 Å². The van der Waals surface area contributed by atoms with E-state index in [0.29, 0.717) is 10.2 Å². The molecule has 0 unspecified atom stereocenters. The predicted molar refractivity (Wildman–Crippen MR) is 26.9 cm³/mol. The molecule has 11 heavy (non-hydrogen) atoms. The van der Waals surface area contributed by atoms with E-state index in [0.717, 1.165) is 0 Å². The van der Waals surface area contributed by atoms with Crippen molar-refractivity contribution in [1.82, 2.24) is 0 Å². The van der Waals surface area contributed by atoms with Gasteiger partial charge in [0.1, 0.15) is 0 Å². The molecule has 0 aliphatic rings. The molecule has 0 aliphatic heterocycles. The van der Waals surface area contributed by atoms with Gasteiger partial charge in [-0.1, -0.05) is 0 Å². The third kappa shape index (κ3) is 188. The van der Waals surface area contributed by atoms with Crippen molar-refractivity contribution in [3.63, 3.8) is 0 Å². The van der Waals surface area contributed by atoms with Gasteiger partial charge in [-0.25, -0.2) is 0 Å². The summed E-state index contributed by atoms with van der Waals surface area (Å²) in [4.78, 5) is 25.6. The van der Waals surface area contributed by atoms with Crippen molar-refractivity contribution in [1.29, 1.82) is 0 Å². The monoisotopic (exact) mass is 218 g/mol. The minimum absolute atomic E-state index is 0. The molecule has 4 nitrogen and oxygen atoms in total. The van der Waals surface area contributed by atoms with Crippen LogP contribution in [0.3, 0.4) is 0 Å². The van der Waals surface area contributed by atoms with Gasteiger partial charge in [0.05, 0.1) is 10.2 Å². The van der Waals surface area contributed by atoms with Gasteiger partial charge in [0.15, 0.2) is 0 Å². The van der Waals surface area contributed by atoms with Crippen molar-refractivity contribution in [3.8, 4) is 0 Å². The van der Waals surface area contributed by atoms with Crippen LogP contribution in [0.25, 0.3) is 0 Å². The summed E-state index contributed by atoms with van der Waals surface area (Å²) in [6.45, 7) is 0. The first-order valence-electron chi connectivity index (χ1n) is 1.04. The number of hydrogen-bond acceptors (Lipinski definition) is 5. The van der Waals surface area contributed by atoms with Crippen molar-refractivity contribution in [3.05, 3.63) is 0 Å². The first-order chi connectivity index (χ1) is 3.41. The van der Waals surface area contributed by atoms with Crippen LogP contribution in [0.15, 0.2) is 0 Å². The fourth-order valence-corrected chi connectivity index (χ4v) is 0. The average molecular weight is 219 g/mol. The molecule has 0 aromatic carbocycles. The van der Waals surface area contributed by atoms with E-state index in [1.807, 2.05) is 0 Å². The number of hydrogen-bond donors (Lipinski definition) is 0. The summed E-state index contributed by atoms with van der Waals surface area (Å²) in [5.74, 6) is 0. The van der Waals surface area contributed by atoms with Crippen LogP contribution >= 0.6 is 39.4 Å². The molecule has 0 bridgehead atoms. The number of halogens is 2. The molecule has 0 amide bonds. The second kappa shape index (κ2) is 18.6. The van der Waals surface area contributed by atoms with E-state index in [-0.39, 0.29) is 56.6 Å². The summed E-state index contributed by atoms with van der Waals surface area (Å²) in [6.07, 6.45) is 0. The Hall–Kier alpha value is 2.83. The van der Waals surface area contributed by atoms with Crippen LogP contribution in [0.1, 0.15) is 0 Å². The molecule has 52 valence electrons. The fraction of sp³-hybridized carbons (Fsp3) is 0. The molecule has 0 aromatic rings. The molecule has 0 spiro atoms. The Morgan fingerprint density at radius 3 is 1.00 bits per heavy atom. The van der Waals surface area contributed by atoms with Gasteiger partial charge in [-0.15, -0.1) is 0 Å². The van der Waals surface area contributed by atoms with Crippen LogP contribution < -0.4 is 71.3 Å². The molecule has 0 aromatic heterocycles. The summed E-state index contributed by atoms with van der Waals surface area (Å²) in [5.41, 5.74) is 0. The third-order valence-electron chi connectivity index (χ3n) is 0. The first kappa shape index (κ1) is 29.2. The maximum absolute atomic E-state index is 8.55. The summed E-state index contributed by atoms with van der Waals surface area (Å²) in [6, 6.07) is 0. The summed E-state index contributed by atoms with van der Waals surface area (Å²) >= 11 is 0. The van der Waals surface area contributed by atoms with Crippen molar-refractivity contribution in [2.24, 2.45) is 0 Å². The Bertz CT molecular complexity index is 79.1. The van der Waals surface area contributed by atoms with Crippen molar-refractivity contribution in [2.45, 2.75) is 0 Å². The van der Waals surface area contributed by atoms with E-state index in [2.05, 4.69) is 21.4 Å². The molecule has 0 atom stereocenters. The molecule has 0 N–H and O–H groups in total. The summed E-state index contributed by atoms with van der Waals surface area (Å²) in [7, 11) is 4.67. The van der Waals surface area contributed by atoms with E-state index in [1.54, 1.807) is 0 Å². The Morgan fingerprint density at radius 1 is 1.00 bits per heavy atom. The van der Waals surface area contributed by atoms with E-state index >= 15 is 0 Å². The van der Waals surface area contributed by atoms with Gasteiger partial charge in [-0.05, 0) is 21.4 Å². The van der Waals surface area contributed by atoms with Crippen molar-refractivity contribution >= 4 is 39.4 Å². The van der Waals surface area contributed by atoms with Gasteiger partial charge in [-0.3, -0.25) is 0 Å². The zero-order chi connectivity index (χ0) is 7.21. The predicted octanol–water partition coefficient (Wildman–Crippen LogP) is -9.79. The van der Waals surface area contributed by atoms with Crippen LogP contribution in [0.2, 0.25) is 0 Å². The van der Waals surface area contributed by atoms with Crippen LogP contribution in [0.5, 0.6) is 0 Å². The maximum atomic E-state index is 8.55. The second-order valence-corrected chi connectivity index (χ2v) is 2.92. The smallest absolute Gasteiger partial charge is 0.822 e. The normalized spacial score (nSPS) is 7.00. The van der Waals surface area contributed by atoms with E-state index in [9.17, 15) is 0 Å². The molecule has 0 aliphatic carbocycles. The zero-order valence-corrected chi connectivity index (χ0v) is 9.47. The Morgan fingerprint density at radius 2 is 1.00 bits per heavy atom. The molecule has 0 rings (SSSR count). The van der Waals surface area contributed by atoms with Gasteiger partial charge >= 0.3 is 56.6 Å². The molecule has 11 heteroatoms. The van der Waals surface area contributed by atoms with Crippen LogP contribution in [0.4, 0.5) is 0 Å². The average Bonchev–Trinajstić information content (AvgIpc) is 1.27. The second-order valence-electron chi connectivity index (χ2n) is 0.506. The van der Waals surface area contributed by atoms with Crippen LogP contribution in [-0.2, 0) is 4.57 Å². The standard InChI is InChI=1S/Cl2S.3Li.H3O4P/c1-3-2;;;;1-5(2,3)4/h;;;;(H3,1,2,3,4)/q;3*+1;/p-3. The van der Waals surface area contributed by atoms with E-state index in [4.69, 9.17) is 19.2 Å². The minimum Gasteiger partial charge on any atom is -0.822 e. The van der Waals surface area contributed by atoms with Gasteiger partial charge in [0.25, 0.3) is 0 Å². The Kier molecular flexibility index (Phi) is 49.3. The molecule has 0 saturated heterocycles. The van der Waals surface area contributed by atoms with Gasteiger partial charge in [0.2, 0.25) is 0 Å². The van der Waals surface area contributed by atoms with Crippen molar-refractivity contribution < 1.29 is 75.8 Å². The SMILES string of the molecule is ClSCl.O=P([O-])([O-])[O-].[Li+].[Li+].[Li+]. The van der Waals surface area contributed by atoms with Crippen molar-refractivity contribution in [2.75, 3.05) is 0 Å². The largest absolute Gasteiger partial charge is 1.00 e. The quantitative estimate of drug-likeness (QED) is 0.298. The number of rotatable bonds is 0. The molecule has 0 radical (unpaired) electrons. The molecular weight excluding hydrogens is 219 g/mol. The zero-order valence-electron chi connectivity index (χ0n) is 6.24. The molecule has 0 heterocycles. The van der Waals surface area contributed by atoms with Crippen LogP contribution in [0, 0.1) is 0 Å². The minimum atomic E-state index is -5.39. The van der Waals surface area contributed by atoms with Gasteiger partial charge < -0.3 is 19.2 Å². The number of phosphoric acid groups is 1. The van der Waals surface area contributed by atoms with Gasteiger partial charge in [-0.2, -0.15) is 7.82 Å².